The van der Waals surface area contributed by atoms with E-state index in [4.69, 9.17) is 4.74 Å². The molecular weight excluding hydrogens is 312 g/mol. The van der Waals surface area contributed by atoms with Crippen LogP contribution in [0.2, 0.25) is 0 Å². The fraction of sp³-hybridized carbons (Fsp3) is 0.400. The van der Waals surface area contributed by atoms with Gasteiger partial charge in [-0.15, -0.1) is 0 Å². The summed E-state index contributed by atoms with van der Waals surface area (Å²) in [5.74, 6) is 1.62. The Morgan fingerprint density at radius 1 is 1.04 bits per heavy atom. The molecule has 1 aromatic heterocycles. The van der Waals surface area contributed by atoms with Gasteiger partial charge in [-0.3, -0.25) is 9.98 Å². The van der Waals surface area contributed by atoms with Crippen molar-refractivity contribution in [1.82, 2.24) is 15.6 Å². The van der Waals surface area contributed by atoms with E-state index >= 15 is 0 Å². The van der Waals surface area contributed by atoms with Crippen LogP contribution in [0.25, 0.3) is 0 Å². The van der Waals surface area contributed by atoms with Crippen LogP contribution in [-0.4, -0.2) is 23.6 Å². The Bertz CT molecular complexity index is 720. The first-order chi connectivity index (χ1) is 11.9. The number of aromatic nitrogens is 1. The van der Waals surface area contributed by atoms with Crippen molar-refractivity contribution in [3.63, 3.8) is 0 Å². The smallest absolute Gasteiger partial charge is 0.191 e. The van der Waals surface area contributed by atoms with Crippen molar-refractivity contribution >= 4 is 5.96 Å². The fourth-order valence-electron chi connectivity index (χ4n) is 2.35. The number of aliphatic imine (C=N–C) groups is 1. The zero-order valence-electron chi connectivity index (χ0n) is 15.8. The zero-order valence-corrected chi connectivity index (χ0v) is 15.8. The molecule has 0 saturated carbocycles. The summed E-state index contributed by atoms with van der Waals surface area (Å²) >= 11 is 0. The standard InChI is InChI=1S/C20H28N4O/c1-15-9-8-11-17(24-15)14-23-19(21-5)22-13-16-10-6-7-12-18(16)25-20(2,3)4/h6-12H,13-14H2,1-5H3,(H2,21,22,23). The molecule has 134 valence electrons. The van der Waals surface area contributed by atoms with Crippen molar-refractivity contribution in [2.75, 3.05) is 7.05 Å². The van der Waals surface area contributed by atoms with Gasteiger partial charge in [-0.2, -0.15) is 0 Å². The number of ether oxygens (including phenoxy) is 1. The van der Waals surface area contributed by atoms with Crippen LogP contribution in [0.5, 0.6) is 5.75 Å². The van der Waals surface area contributed by atoms with Crippen molar-refractivity contribution in [3.05, 3.63) is 59.4 Å². The van der Waals surface area contributed by atoms with Crippen LogP contribution in [0.4, 0.5) is 0 Å². The highest BCUT2D eigenvalue weighted by atomic mass is 16.5. The SMILES string of the molecule is CN=C(NCc1cccc(C)n1)NCc1ccccc1OC(C)(C)C. The molecule has 25 heavy (non-hydrogen) atoms. The van der Waals surface area contributed by atoms with E-state index in [1.807, 2.05) is 64.1 Å². The molecule has 0 atom stereocenters. The second-order valence-electron chi connectivity index (χ2n) is 6.87. The van der Waals surface area contributed by atoms with Gasteiger partial charge in [-0.1, -0.05) is 24.3 Å². The fourth-order valence-corrected chi connectivity index (χ4v) is 2.35. The van der Waals surface area contributed by atoms with E-state index < -0.39 is 0 Å². The molecule has 2 N–H and O–H groups in total. The van der Waals surface area contributed by atoms with Crippen LogP contribution < -0.4 is 15.4 Å². The Morgan fingerprint density at radius 3 is 2.44 bits per heavy atom. The largest absolute Gasteiger partial charge is 0.488 e. The predicted molar refractivity (Wildman–Crippen MR) is 103 cm³/mol. The molecule has 1 heterocycles. The molecule has 0 amide bonds. The number of hydrogen-bond acceptors (Lipinski definition) is 3. The van der Waals surface area contributed by atoms with Gasteiger partial charge < -0.3 is 15.4 Å². The van der Waals surface area contributed by atoms with E-state index in [0.29, 0.717) is 13.1 Å². The van der Waals surface area contributed by atoms with Gasteiger partial charge in [0.15, 0.2) is 5.96 Å². The van der Waals surface area contributed by atoms with Crippen molar-refractivity contribution in [3.8, 4) is 5.75 Å². The lowest BCUT2D eigenvalue weighted by Crippen LogP contribution is -2.36. The Morgan fingerprint density at radius 2 is 1.76 bits per heavy atom. The molecule has 0 aliphatic rings. The van der Waals surface area contributed by atoms with E-state index in [2.05, 4.69) is 26.7 Å². The van der Waals surface area contributed by atoms with Crippen molar-refractivity contribution in [2.45, 2.75) is 46.4 Å². The van der Waals surface area contributed by atoms with Gasteiger partial charge in [0.2, 0.25) is 0 Å². The van der Waals surface area contributed by atoms with Crippen LogP contribution in [-0.2, 0) is 13.1 Å². The molecule has 0 aliphatic carbocycles. The number of nitrogens with one attached hydrogen (secondary N) is 2. The number of hydrogen-bond donors (Lipinski definition) is 2. The number of pyridine rings is 1. The highest BCUT2D eigenvalue weighted by molar-refractivity contribution is 5.79. The molecule has 5 nitrogen and oxygen atoms in total. The van der Waals surface area contributed by atoms with Gasteiger partial charge in [0.25, 0.3) is 0 Å². The topological polar surface area (TPSA) is 58.5 Å². The molecule has 0 spiro atoms. The number of benzene rings is 1. The zero-order chi connectivity index (χ0) is 18.3. The Balaban J connectivity index is 1.95. The molecule has 0 unspecified atom stereocenters. The first kappa shape index (κ1) is 18.8. The normalized spacial score (nSPS) is 12.0. The Hall–Kier alpha value is -2.56. The average Bonchev–Trinajstić information content (AvgIpc) is 2.55. The molecule has 1 aromatic carbocycles. The van der Waals surface area contributed by atoms with Gasteiger partial charge in [-0.05, 0) is 45.9 Å². The minimum atomic E-state index is -0.229. The van der Waals surface area contributed by atoms with Gasteiger partial charge in [0.05, 0.1) is 12.2 Å². The van der Waals surface area contributed by atoms with E-state index in [1.165, 1.54) is 0 Å². The number of para-hydroxylation sites is 1. The minimum absolute atomic E-state index is 0.229. The van der Waals surface area contributed by atoms with Crippen LogP contribution in [0.15, 0.2) is 47.5 Å². The summed E-state index contributed by atoms with van der Waals surface area (Å²) in [6.45, 7) is 9.39. The minimum Gasteiger partial charge on any atom is -0.488 e. The molecule has 0 saturated heterocycles. The molecule has 2 aromatic rings. The maximum absolute atomic E-state index is 6.03. The molecule has 0 fully saturated rings. The third-order valence-electron chi connectivity index (χ3n) is 3.44. The predicted octanol–water partition coefficient (Wildman–Crippen LogP) is 3.43. The number of guanidine groups is 1. The average molecular weight is 340 g/mol. The molecule has 0 bridgehead atoms. The van der Waals surface area contributed by atoms with Gasteiger partial charge in [0, 0.05) is 24.8 Å². The third kappa shape index (κ3) is 6.45. The summed E-state index contributed by atoms with van der Waals surface area (Å²) < 4.78 is 6.03. The van der Waals surface area contributed by atoms with Crippen molar-refractivity contribution in [2.24, 2.45) is 4.99 Å². The quantitative estimate of drug-likeness (QED) is 0.647. The molecular formula is C20H28N4O. The monoisotopic (exact) mass is 340 g/mol. The maximum Gasteiger partial charge on any atom is 0.191 e. The summed E-state index contributed by atoms with van der Waals surface area (Å²) in [6.07, 6.45) is 0. The first-order valence-corrected chi connectivity index (χ1v) is 8.51. The Labute approximate surface area is 150 Å². The molecule has 2 rings (SSSR count). The lowest BCUT2D eigenvalue weighted by Gasteiger charge is -2.23. The Kier molecular flexibility index (Phi) is 6.39. The highest BCUT2D eigenvalue weighted by Crippen LogP contribution is 2.22. The van der Waals surface area contributed by atoms with E-state index in [1.54, 1.807) is 7.05 Å². The lowest BCUT2D eigenvalue weighted by molar-refractivity contribution is 0.129. The first-order valence-electron chi connectivity index (χ1n) is 8.51. The van der Waals surface area contributed by atoms with Crippen molar-refractivity contribution < 1.29 is 4.74 Å². The maximum atomic E-state index is 6.03. The van der Waals surface area contributed by atoms with Crippen LogP contribution in [0, 0.1) is 6.92 Å². The number of rotatable bonds is 5. The summed E-state index contributed by atoms with van der Waals surface area (Å²) in [6, 6.07) is 14.1. The third-order valence-corrected chi connectivity index (χ3v) is 3.44. The van der Waals surface area contributed by atoms with Gasteiger partial charge in [0.1, 0.15) is 11.4 Å². The van der Waals surface area contributed by atoms with E-state index in [9.17, 15) is 0 Å². The van der Waals surface area contributed by atoms with Crippen LogP contribution in [0.1, 0.15) is 37.7 Å². The van der Waals surface area contributed by atoms with Gasteiger partial charge in [-0.25, -0.2) is 0 Å². The second-order valence-corrected chi connectivity index (χ2v) is 6.87. The number of aryl methyl sites for hydroxylation is 1. The van der Waals surface area contributed by atoms with Crippen molar-refractivity contribution in [1.29, 1.82) is 0 Å². The molecule has 5 heteroatoms. The molecule has 0 aliphatic heterocycles. The number of nitrogens with zero attached hydrogens (tertiary/aromatic N) is 2. The highest BCUT2D eigenvalue weighted by Gasteiger charge is 2.14. The molecule has 0 radical (unpaired) electrons. The summed E-state index contributed by atoms with van der Waals surface area (Å²) in [5.41, 5.74) is 2.86. The van der Waals surface area contributed by atoms with E-state index in [0.717, 1.165) is 28.7 Å². The van der Waals surface area contributed by atoms with Crippen LogP contribution in [0.3, 0.4) is 0 Å². The summed E-state index contributed by atoms with van der Waals surface area (Å²) in [5, 5.41) is 6.61. The van der Waals surface area contributed by atoms with Crippen LogP contribution >= 0.6 is 0 Å². The lowest BCUT2D eigenvalue weighted by atomic mass is 10.1. The second kappa shape index (κ2) is 8.51. The summed E-state index contributed by atoms with van der Waals surface area (Å²) in [4.78, 5) is 8.76. The summed E-state index contributed by atoms with van der Waals surface area (Å²) in [7, 11) is 1.76. The van der Waals surface area contributed by atoms with E-state index in [-0.39, 0.29) is 5.60 Å². The van der Waals surface area contributed by atoms with Gasteiger partial charge >= 0.3 is 0 Å².